The van der Waals surface area contributed by atoms with E-state index < -0.39 is 21.4 Å². The maximum Gasteiger partial charge on any atom is 0.534 e. The lowest BCUT2D eigenvalue weighted by Crippen LogP contribution is -2.33. The van der Waals surface area contributed by atoms with Crippen LogP contribution < -0.4 is 9.50 Å². The van der Waals surface area contributed by atoms with Crippen LogP contribution in [0.4, 0.5) is 18.9 Å². The van der Waals surface area contributed by atoms with Crippen LogP contribution in [0.15, 0.2) is 18.5 Å². The minimum Gasteiger partial charge on any atom is -0.383 e. The number of alkyl halides is 3. The first kappa shape index (κ1) is 20.2. The predicted molar refractivity (Wildman–Crippen MR) is 94.2 cm³/mol. The van der Waals surface area contributed by atoms with Crippen molar-refractivity contribution in [3.8, 4) is 11.8 Å². The minimum atomic E-state index is -5.89. The van der Waals surface area contributed by atoms with E-state index in [1.165, 1.54) is 6.20 Å². The molecule has 0 atom stereocenters. The normalized spacial score (nSPS) is 16.8. The summed E-state index contributed by atoms with van der Waals surface area (Å²) in [6.07, 6.45) is 4.54. The molecule has 12 heteroatoms. The maximum atomic E-state index is 12.7. The highest BCUT2D eigenvalue weighted by atomic mass is 32.2. The molecule has 3 heterocycles. The lowest BCUT2D eigenvalue weighted by atomic mass is 9.97. The molecule has 0 radical (unpaired) electrons. The Morgan fingerprint density at radius 3 is 2.68 bits per heavy atom. The molecule has 1 saturated heterocycles. The van der Waals surface area contributed by atoms with E-state index in [2.05, 4.69) is 19.5 Å². The molecule has 0 bridgehead atoms. The van der Waals surface area contributed by atoms with Gasteiger partial charge >= 0.3 is 15.6 Å². The van der Waals surface area contributed by atoms with E-state index in [1.54, 1.807) is 6.07 Å². The van der Waals surface area contributed by atoms with Gasteiger partial charge in [-0.2, -0.15) is 31.9 Å². The van der Waals surface area contributed by atoms with Gasteiger partial charge in [0.1, 0.15) is 17.1 Å². The zero-order chi connectivity index (χ0) is 20.5. The van der Waals surface area contributed by atoms with E-state index >= 15 is 0 Å². The molecule has 28 heavy (non-hydrogen) atoms. The van der Waals surface area contributed by atoms with Crippen molar-refractivity contribution < 1.29 is 25.8 Å². The quantitative estimate of drug-likeness (QED) is 0.588. The van der Waals surface area contributed by atoms with Gasteiger partial charge in [0.25, 0.3) is 0 Å². The van der Waals surface area contributed by atoms with Crippen LogP contribution in [0.25, 0.3) is 5.52 Å². The summed E-state index contributed by atoms with van der Waals surface area (Å²) in [5.41, 5.74) is -5.50. The number of nitrogens with one attached hydrogen (secondary N) is 1. The molecule has 1 aliphatic heterocycles. The number of likely N-dealkylation sites (tertiary alicyclic amines) is 1. The zero-order valence-corrected chi connectivity index (χ0v) is 15.7. The fraction of sp³-hybridized carbons (Fsp3) is 0.500. The Hall–Kier alpha value is -2.52. The topological polar surface area (TPSA) is 99.7 Å². The highest BCUT2D eigenvalue weighted by molar-refractivity contribution is 7.88. The summed E-state index contributed by atoms with van der Waals surface area (Å²) >= 11 is 0. The summed E-state index contributed by atoms with van der Waals surface area (Å²) in [4.78, 5) is 2.21. The number of anilines is 1. The van der Waals surface area contributed by atoms with E-state index in [1.807, 2.05) is 7.05 Å². The average molecular weight is 417 g/mol. The molecule has 1 N–H and O–H groups in total. The van der Waals surface area contributed by atoms with Crippen LogP contribution in [-0.4, -0.2) is 55.1 Å². The molecule has 2 aromatic rings. The van der Waals surface area contributed by atoms with Gasteiger partial charge in [-0.1, -0.05) is 0 Å². The summed E-state index contributed by atoms with van der Waals surface area (Å²) in [7, 11) is -3.85. The fourth-order valence-electron chi connectivity index (χ4n) is 3.02. The molecule has 0 spiro atoms. The van der Waals surface area contributed by atoms with Crippen molar-refractivity contribution in [3.05, 3.63) is 24.0 Å². The smallest absolute Gasteiger partial charge is 0.383 e. The van der Waals surface area contributed by atoms with Gasteiger partial charge in [0, 0.05) is 12.6 Å². The molecule has 0 unspecified atom stereocenters. The largest absolute Gasteiger partial charge is 0.534 e. The number of piperidine rings is 1. The van der Waals surface area contributed by atoms with Gasteiger partial charge in [0.05, 0.1) is 18.1 Å². The molecule has 1 fully saturated rings. The molecular formula is C16H18F3N5O3S. The first-order chi connectivity index (χ1) is 13.1. The summed E-state index contributed by atoms with van der Waals surface area (Å²) in [5.74, 6) is -0.234. The molecule has 3 rings (SSSR count). The second-order valence-corrected chi connectivity index (χ2v) is 8.20. The van der Waals surface area contributed by atoms with Crippen molar-refractivity contribution in [1.82, 2.24) is 14.5 Å². The first-order valence-electron chi connectivity index (χ1n) is 8.45. The van der Waals surface area contributed by atoms with Crippen LogP contribution in [0.2, 0.25) is 0 Å². The number of nitrogens with zero attached hydrogens (tertiary/aromatic N) is 4. The Kier molecular flexibility index (Phi) is 5.40. The molecular weight excluding hydrogens is 399 g/mol. The Bertz CT molecular complexity index is 1000. The van der Waals surface area contributed by atoms with Gasteiger partial charge in [0.15, 0.2) is 5.75 Å². The van der Waals surface area contributed by atoms with Crippen molar-refractivity contribution in [1.29, 1.82) is 5.26 Å². The molecule has 152 valence electrons. The molecule has 0 aromatic carbocycles. The Labute approximate surface area is 159 Å². The van der Waals surface area contributed by atoms with Crippen molar-refractivity contribution >= 4 is 21.3 Å². The summed E-state index contributed by atoms with van der Waals surface area (Å²) in [5, 5.41) is 16.1. The number of hydrogen-bond donors (Lipinski definition) is 1. The number of halogens is 3. The van der Waals surface area contributed by atoms with Gasteiger partial charge in [-0.3, -0.25) is 0 Å². The second kappa shape index (κ2) is 7.48. The molecule has 2 aromatic heterocycles. The van der Waals surface area contributed by atoms with E-state index in [0.717, 1.165) is 42.7 Å². The van der Waals surface area contributed by atoms with E-state index in [9.17, 15) is 21.6 Å². The van der Waals surface area contributed by atoms with Crippen molar-refractivity contribution in [2.45, 2.75) is 18.3 Å². The van der Waals surface area contributed by atoms with Crippen LogP contribution in [0, 0.1) is 17.2 Å². The van der Waals surface area contributed by atoms with Crippen molar-refractivity contribution in [3.63, 3.8) is 0 Å². The summed E-state index contributed by atoms with van der Waals surface area (Å²) in [6.45, 7) is 2.47. The minimum absolute atomic E-state index is 0.103. The van der Waals surface area contributed by atoms with Crippen molar-refractivity contribution in [2.75, 3.05) is 32.0 Å². The number of pyridine rings is 1. The predicted octanol–water partition coefficient (Wildman–Crippen LogP) is 2.19. The second-order valence-electron chi connectivity index (χ2n) is 6.67. The maximum absolute atomic E-state index is 12.7. The molecule has 0 aliphatic carbocycles. The lowest BCUT2D eigenvalue weighted by molar-refractivity contribution is -0.0499. The Balaban J connectivity index is 1.90. The standard InChI is InChI=1S/C16H18F3N5O3S/c1-23-4-2-11(3-5-23)8-21-13-6-14(27-28(25,26)16(17,18)19)15-12(7-20)9-22-24(15)10-13/h6,9-11,21H,2-5,8H2,1H3. The molecule has 8 nitrogen and oxygen atoms in total. The number of fused-ring (bicyclic) bond motifs is 1. The van der Waals surface area contributed by atoms with Crippen LogP contribution in [0.3, 0.4) is 0 Å². The van der Waals surface area contributed by atoms with Crippen LogP contribution >= 0.6 is 0 Å². The number of hydrogen-bond acceptors (Lipinski definition) is 7. The van der Waals surface area contributed by atoms with Gasteiger partial charge in [-0.05, 0) is 38.9 Å². The van der Waals surface area contributed by atoms with Gasteiger partial charge in [-0.25, -0.2) is 4.52 Å². The Morgan fingerprint density at radius 2 is 2.07 bits per heavy atom. The zero-order valence-electron chi connectivity index (χ0n) is 14.9. The summed E-state index contributed by atoms with van der Waals surface area (Å²) in [6, 6.07) is 2.89. The van der Waals surface area contributed by atoms with Gasteiger partial charge < -0.3 is 14.4 Å². The Morgan fingerprint density at radius 1 is 1.39 bits per heavy atom. The molecule has 1 aliphatic rings. The van der Waals surface area contributed by atoms with Gasteiger partial charge in [-0.15, -0.1) is 0 Å². The third kappa shape index (κ3) is 4.15. The van der Waals surface area contributed by atoms with E-state index in [0.29, 0.717) is 18.2 Å². The van der Waals surface area contributed by atoms with E-state index in [-0.39, 0.29) is 11.1 Å². The fourth-order valence-corrected chi connectivity index (χ4v) is 3.48. The first-order valence-corrected chi connectivity index (χ1v) is 9.86. The highest BCUT2D eigenvalue weighted by Crippen LogP contribution is 2.33. The third-order valence-corrected chi connectivity index (χ3v) is 5.58. The lowest BCUT2D eigenvalue weighted by Gasteiger charge is -2.29. The molecule has 0 saturated carbocycles. The number of nitriles is 1. The van der Waals surface area contributed by atoms with Crippen LogP contribution in [0.1, 0.15) is 18.4 Å². The summed E-state index contributed by atoms with van der Waals surface area (Å²) < 4.78 is 66.5. The number of rotatable bonds is 5. The highest BCUT2D eigenvalue weighted by Gasteiger charge is 2.49. The monoisotopic (exact) mass is 417 g/mol. The SMILES string of the molecule is CN1CCC(CNc2cc(OS(=O)(=O)C(F)(F)F)c3c(C#N)cnn3c2)CC1. The average Bonchev–Trinajstić information content (AvgIpc) is 3.03. The van der Waals surface area contributed by atoms with Gasteiger partial charge in [0.2, 0.25) is 0 Å². The third-order valence-electron chi connectivity index (χ3n) is 4.61. The van der Waals surface area contributed by atoms with E-state index in [4.69, 9.17) is 5.26 Å². The van der Waals surface area contributed by atoms with Crippen LogP contribution in [-0.2, 0) is 10.1 Å². The van der Waals surface area contributed by atoms with Crippen LogP contribution in [0.5, 0.6) is 5.75 Å². The molecule has 0 amide bonds. The number of aromatic nitrogens is 2. The van der Waals surface area contributed by atoms with Crippen molar-refractivity contribution in [2.24, 2.45) is 5.92 Å².